The average molecular weight is 724 g/mol. The molecular formula is C27H22I2N2O4S. The maximum Gasteiger partial charge on any atom is 0.294 e. The van der Waals surface area contributed by atoms with E-state index in [1.165, 1.54) is 0 Å². The highest BCUT2D eigenvalue weighted by Crippen LogP contribution is 2.35. The van der Waals surface area contributed by atoms with Gasteiger partial charge in [-0.1, -0.05) is 49.4 Å². The van der Waals surface area contributed by atoms with Gasteiger partial charge >= 0.3 is 0 Å². The van der Waals surface area contributed by atoms with Gasteiger partial charge in [0.2, 0.25) is 5.91 Å². The predicted molar refractivity (Wildman–Crippen MR) is 160 cm³/mol. The maximum absolute atomic E-state index is 12.9. The molecule has 1 saturated heterocycles. The van der Waals surface area contributed by atoms with Crippen LogP contribution < -0.4 is 10.1 Å². The smallest absolute Gasteiger partial charge is 0.294 e. The normalized spacial score (nSPS) is 14.4. The molecule has 0 saturated carbocycles. The number of hydrogen-bond donors (Lipinski definition) is 1. The second-order valence-electron chi connectivity index (χ2n) is 7.95. The molecule has 9 heteroatoms. The monoisotopic (exact) mass is 724 g/mol. The Morgan fingerprint density at radius 1 is 1.00 bits per heavy atom. The summed E-state index contributed by atoms with van der Waals surface area (Å²) in [6.45, 7) is 2.17. The molecule has 4 rings (SSSR count). The van der Waals surface area contributed by atoms with E-state index in [2.05, 4.69) is 57.4 Å². The highest BCUT2D eigenvalue weighted by Gasteiger charge is 2.36. The van der Waals surface area contributed by atoms with Gasteiger partial charge < -0.3 is 10.1 Å². The Morgan fingerprint density at radius 3 is 2.31 bits per heavy atom. The molecule has 184 valence electrons. The van der Waals surface area contributed by atoms with Crippen LogP contribution in [0.25, 0.3) is 6.08 Å². The number of anilines is 1. The fraction of sp³-hybridized carbons (Fsp3) is 0.148. The third-order valence-corrected chi connectivity index (χ3v) is 7.88. The van der Waals surface area contributed by atoms with Crippen LogP contribution in [0.5, 0.6) is 5.75 Å². The zero-order valence-corrected chi connectivity index (χ0v) is 24.4. The summed E-state index contributed by atoms with van der Waals surface area (Å²) in [5.74, 6) is -0.128. The van der Waals surface area contributed by atoms with E-state index in [1.807, 2.05) is 54.6 Å². The van der Waals surface area contributed by atoms with Crippen LogP contribution in [0.1, 0.15) is 23.6 Å². The zero-order valence-electron chi connectivity index (χ0n) is 19.3. The van der Waals surface area contributed by atoms with E-state index in [0.717, 1.165) is 52.7 Å². The van der Waals surface area contributed by atoms with Crippen molar-refractivity contribution in [2.24, 2.45) is 0 Å². The highest BCUT2D eigenvalue weighted by molar-refractivity contribution is 14.1. The van der Waals surface area contributed by atoms with Gasteiger partial charge in [-0.05, 0) is 110 Å². The van der Waals surface area contributed by atoms with Crippen LogP contribution >= 0.6 is 56.9 Å². The van der Waals surface area contributed by atoms with Gasteiger partial charge in [0, 0.05) is 5.69 Å². The lowest BCUT2D eigenvalue weighted by Gasteiger charge is -2.13. The average Bonchev–Trinajstić information content (AvgIpc) is 3.11. The topological polar surface area (TPSA) is 75.7 Å². The molecule has 1 heterocycles. The lowest BCUT2D eigenvalue weighted by Crippen LogP contribution is -2.36. The summed E-state index contributed by atoms with van der Waals surface area (Å²) in [5, 5.41) is 2.28. The Morgan fingerprint density at radius 2 is 1.67 bits per heavy atom. The number of carbonyl (C=O) groups excluding carboxylic acids is 3. The summed E-state index contributed by atoms with van der Waals surface area (Å²) >= 11 is 5.24. The number of halogens is 2. The first kappa shape index (κ1) is 26.7. The van der Waals surface area contributed by atoms with Crippen molar-refractivity contribution < 1.29 is 19.1 Å². The molecule has 1 aliphatic rings. The van der Waals surface area contributed by atoms with Crippen molar-refractivity contribution in [3.8, 4) is 5.75 Å². The number of benzene rings is 3. The van der Waals surface area contributed by atoms with Crippen LogP contribution in [0.4, 0.5) is 10.5 Å². The van der Waals surface area contributed by atoms with E-state index in [1.54, 1.807) is 18.2 Å². The molecule has 6 nitrogen and oxygen atoms in total. The summed E-state index contributed by atoms with van der Waals surface area (Å²) in [7, 11) is 0. The largest absolute Gasteiger partial charge is 0.487 e. The quantitative estimate of drug-likeness (QED) is 0.207. The molecule has 0 aliphatic carbocycles. The number of ether oxygens (including phenoxy) is 1. The van der Waals surface area contributed by atoms with Crippen molar-refractivity contribution >= 4 is 85.8 Å². The Hall–Kier alpha value is -2.38. The molecule has 3 amide bonds. The van der Waals surface area contributed by atoms with E-state index in [4.69, 9.17) is 4.74 Å². The molecule has 0 spiro atoms. The highest BCUT2D eigenvalue weighted by atomic mass is 127. The fourth-order valence-corrected chi connectivity index (χ4v) is 6.45. The van der Waals surface area contributed by atoms with Crippen molar-refractivity contribution in [3.63, 3.8) is 0 Å². The third-order valence-electron chi connectivity index (χ3n) is 5.37. The fourth-order valence-electron chi connectivity index (χ4n) is 3.49. The molecule has 0 bridgehead atoms. The minimum Gasteiger partial charge on any atom is -0.487 e. The SMILES string of the molecule is CCc1ccc(NC(=O)CN2C(=O)S/C(=C/c3cc(I)c(OCc4ccccc4)c(I)c3)C2=O)cc1. The van der Waals surface area contributed by atoms with Gasteiger partial charge in [0.1, 0.15) is 18.9 Å². The molecule has 3 aromatic carbocycles. The second-order valence-corrected chi connectivity index (χ2v) is 11.3. The summed E-state index contributed by atoms with van der Waals surface area (Å²) in [6, 6.07) is 21.2. The van der Waals surface area contributed by atoms with Gasteiger partial charge in [0.15, 0.2) is 0 Å². The Kier molecular flexibility index (Phi) is 9.07. The van der Waals surface area contributed by atoms with Gasteiger partial charge in [-0.2, -0.15) is 0 Å². The Balaban J connectivity index is 1.42. The van der Waals surface area contributed by atoms with Crippen molar-refractivity contribution in [1.29, 1.82) is 0 Å². The van der Waals surface area contributed by atoms with E-state index < -0.39 is 17.1 Å². The summed E-state index contributed by atoms with van der Waals surface area (Å²) in [4.78, 5) is 39.1. The predicted octanol–water partition coefficient (Wildman–Crippen LogP) is 6.71. The zero-order chi connectivity index (χ0) is 25.7. The van der Waals surface area contributed by atoms with Crippen LogP contribution in [-0.2, 0) is 22.6 Å². The number of carbonyl (C=O) groups is 3. The number of rotatable bonds is 8. The third kappa shape index (κ3) is 6.68. The number of imide groups is 1. The summed E-state index contributed by atoms with van der Waals surface area (Å²) in [6.07, 6.45) is 2.58. The maximum atomic E-state index is 12.9. The van der Waals surface area contributed by atoms with Gasteiger partial charge in [-0.25, -0.2) is 0 Å². The first-order valence-corrected chi connectivity index (χ1v) is 14.1. The van der Waals surface area contributed by atoms with E-state index in [-0.39, 0.29) is 11.4 Å². The van der Waals surface area contributed by atoms with Crippen molar-refractivity contribution in [1.82, 2.24) is 4.90 Å². The number of nitrogens with zero attached hydrogens (tertiary/aromatic N) is 1. The molecule has 1 fully saturated rings. The first-order chi connectivity index (χ1) is 17.3. The molecule has 0 radical (unpaired) electrons. The number of hydrogen-bond acceptors (Lipinski definition) is 5. The van der Waals surface area contributed by atoms with Crippen molar-refractivity contribution in [3.05, 3.63) is 95.5 Å². The number of thioether (sulfide) groups is 1. The summed E-state index contributed by atoms with van der Waals surface area (Å²) in [5.41, 5.74) is 3.63. The van der Waals surface area contributed by atoms with Crippen LogP contribution in [0.3, 0.4) is 0 Å². The second kappa shape index (κ2) is 12.2. The van der Waals surface area contributed by atoms with Crippen LogP contribution in [0.2, 0.25) is 0 Å². The molecule has 0 atom stereocenters. The standard InChI is InChI=1S/C27H22I2N2O4S/c1-2-17-8-10-20(11-9-17)30-24(32)15-31-26(33)23(36-27(31)34)14-19-12-21(28)25(22(29)13-19)35-16-18-6-4-3-5-7-18/h3-14H,2,15-16H2,1H3,(H,30,32)/b23-14+. The lowest BCUT2D eigenvalue weighted by atomic mass is 10.1. The van der Waals surface area contributed by atoms with Gasteiger partial charge in [-0.3, -0.25) is 19.3 Å². The van der Waals surface area contributed by atoms with E-state index >= 15 is 0 Å². The Labute approximate surface area is 241 Å². The minimum absolute atomic E-state index is 0.282. The van der Waals surface area contributed by atoms with E-state index in [9.17, 15) is 14.4 Å². The lowest BCUT2D eigenvalue weighted by molar-refractivity contribution is -0.127. The molecule has 1 N–H and O–H groups in total. The number of nitrogens with one attached hydrogen (secondary N) is 1. The molecule has 1 aliphatic heterocycles. The van der Waals surface area contributed by atoms with Gasteiger partial charge in [0.25, 0.3) is 11.1 Å². The van der Waals surface area contributed by atoms with Gasteiger partial charge in [-0.15, -0.1) is 0 Å². The molecule has 36 heavy (non-hydrogen) atoms. The Bertz CT molecular complexity index is 1300. The molecular weight excluding hydrogens is 702 g/mol. The summed E-state index contributed by atoms with van der Waals surface area (Å²) < 4.78 is 7.82. The van der Waals surface area contributed by atoms with Crippen molar-refractivity contribution in [2.45, 2.75) is 20.0 Å². The molecule has 0 aromatic heterocycles. The van der Waals surface area contributed by atoms with Crippen LogP contribution in [0.15, 0.2) is 71.6 Å². The van der Waals surface area contributed by atoms with Crippen LogP contribution in [-0.4, -0.2) is 28.5 Å². The number of amides is 3. The van der Waals surface area contributed by atoms with Crippen molar-refractivity contribution in [2.75, 3.05) is 11.9 Å². The van der Waals surface area contributed by atoms with E-state index in [0.29, 0.717) is 12.3 Å². The first-order valence-electron chi connectivity index (χ1n) is 11.1. The molecule has 0 unspecified atom stereocenters. The van der Waals surface area contributed by atoms with Gasteiger partial charge in [0.05, 0.1) is 12.0 Å². The number of aryl methyl sites for hydroxylation is 1. The minimum atomic E-state index is -0.476. The van der Waals surface area contributed by atoms with Crippen LogP contribution in [0, 0.1) is 7.14 Å². The molecule has 3 aromatic rings.